The lowest BCUT2D eigenvalue weighted by molar-refractivity contribution is -0.208. The summed E-state index contributed by atoms with van der Waals surface area (Å²) in [5, 5.41) is 25.5. The van der Waals surface area contributed by atoms with E-state index in [-0.39, 0.29) is 13.1 Å². The van der Waals surface area contributed by atoms with E-state index in [9.17, 15) is 48.3 Å². The second kappa shape index (κ2) is 16.2. The highest BCUT2D eigenvalue weighted by Crippen LogP contribution is 2.25. The molecule has 50 heavy (non-hydrogen) atoms. The zero-order chi connectivity index (χ0) is 37.5. The van der Waals surface area contributed by atoms with Crippen molar-refractivity contribution in [1.82, 2.24) is 23.6 Å². The molecule has 276 valence electrons. The first-order chi connectivity index (χ1) is 23.1. The van der Waals surface area contributed by atoms with Crippen molar-refractivity contribution in [3.05, 3.63) is 84.4 Å². The van der Waals surface area contributed by atoms with Crippen molar-refractivity contribution >= 4 is 20.0 Å². The van der Waals surface area contributed by atoms with Crippen LogP contribution in [0.1, 0.15) is 11.1 Å². The number of aliphatic hydroxyl groups excluding tert-OH is 2. The third kappa shape index (κ3) is 11.4. The molecule has 0 aliphatic rings. The highest BCUT2D eigenvalue weighted by Gasteiger charge is 2.39. The number of imidazole rings is 1. The molecule has 4 N–H and O–H groups in total. The van der Waals surface area contributed by atoms with Gasteiger partial charge in [-0.2, -0.15) is 35.7 Å². The molecular formula is C28H32F6N6O8S2. The summed E-state index contributed by atoms with van der Waals surface area (Å²) in [4.78, 5) is 3.29. The normalized spacial score (nSPS) is 13.8. The third-order valence-corrected chi connectivity index (χ3v) is 9.14. The van der Waals surface area contributed by atoms with Gasteiger partial charge in [-0.3, -0.25) is 4.68 Å². The van der Waals surface area contributed by atoms with E-state index in [1.54, 1.807) is 48.5 Å². The van der Waals surface area contributed by atoms with Gasteiger partial charge in [0.2, 0.25) is 0 Å². The molecule has 0 saturated heterocycles. The maximum absolute atomic E-state index is 13.4. The average Bonchev–Trinajstić information content (AvgIpc) is 3.71. The van der Waals surface area contributed by atoms with Gasteiger partial charge in [0.1, 0.15) is 11.5 Å². The molecule has 14 nitrogen and oxygen atoms in total. The first-order valence-corrected chi connectivity index (χ1v) is 17.0. The minimum atomic E-state index is -4.85. The molecule has 4 aromatic rings. The SMILES string of the molecule is COc1ccc(CN(Cc2ccc(OC)cc2)S(=O)(=O)c2ccn(CC(O)C(F)(F)F)n2)cc1.NS(=O)(=O)c1cn(CC(O)C(F)(F)F)cn1. The molecular weight excluding hydrogens is 726 g/mol. The van der Waals surface area contributed by atoms with E-state index in [4.69, 9.17) is 19.7 Å². The first-order valence-electron chi connectivity index (χ1n) is 14.0. The van der Waals surface area contributed by atoms with E-state index >= 15 is 0 Å². The average molecular weight is 759 g/mol. The summed E-state index contributed by atoms with van der Waals surface area (Å²) in [6, 6.07) is 14.7. The number of nitrogens with zero attached hydrogens (tertiary/aromatic N) is 5. The minimum Gasteiger partial charge on any atom is -0.497 e. The lowest BCUT2D eigenvalue weighted by Crippen LogP contribution is -2.33. The minimum absolute atomic E-state index is 0.0175. The lowest BCUT2D eigenvalue weighted by Gasteiger charge is -2.22. The molecule has 2 atom stereocenters. The Morgan fingerprint density at radius 2 is 1.24 bits per heavy atom. The van der Waals surface area contributed by atoms with Crippen molar-refractivity contribution in [2.24, 2.45) is 5.14 Å². The molecule has 0 aliphatic carbocycles. The molecule has 0 amide bonds. The number of hydrogen-bond donors (Lipinski definition) is 3. The Balaban J connectivity index is 0.000000354. The fourth-order valence-corrected chi connectivity index (χ4v) is 5.80. The largest absolute Gasteiger partial charge is 0.497 e. The molecule has 2 unspecified atom stereocenters. The van der Waals surface area contributed by atoms with Crippen LogP contribution < -0.4 is 14.6 Å². The van der Waals surface area contributed by atoms with E-state index in [1.807, 2.05) is 0 Å². The van der Waals surface area contributed by atoms with E-state index in [0.717, 1.165) is 34.0 Å². The van der Waals surface area contributed by atoms with Gasteiger partial charge in [0, 0.05) is 25.5 Å². The predicted octanol–water partition coefficient (Wildman–Crippen LogP) is 2.67. The number of halogens is 6. The quantitative estimate of drug-likeness (QED) is 0.171. The number of nitrogens with two attached hydrogens (primary N) is 1. The van der Waals surface area contributed by atoms with Crippen LogP contribution in [0, 0.1) is 0 Å². The number of benzene rings is 2. The van der Waals surface area contributed by atoms with Gasteiger partial charge in [0.05, 0.1) is 33.6 Å². The fourth-order valence-electron chi connectivity index (χ4n) is 3.98. The summed E-state index contributed by atoms with van der Waals surface area (Å²) in [5.41, 5.74) is 1.34. The Bertz CT molecular complexity index is 1850. The maximum Gasteiger partial charge on any atom is 0.416 e. The molecule has 0 saturated carbocycles. The van der Waals surface area contributed by atoms with Gasteiger partial charge in [-0.05, 0) is 41.5 Å². The van der Waals surface area contributed by atoms with Gasteiger partial charge in [0.25, 0.3) is 20.0 Å². The Kier molecular flexibility index (Phi) is 13.0. The molecule has 4 rings (SSSR count). The molecule has 0 spiro atoms. The number of aliphatic hydroxyl groups is 2. The van der Waals surface area contributed by atoms with Gasteiger partial charge < -0.3 is 24.3 Å². The molecule has 2 heterocycles. The fraction of sp³-hybridized carbons (Fsp3) is 0.357. The molecule has 2 aromatic heterocycles. The Morgan fingerprint density at radius 1 is 0.780 bits per heavy atom. The van der Waals surface area contributed by atoms with E-state index in [0.29, 0.717) is 22.6 Å². The van der Waals surface area contributed by atoms with E-state index in [1.165, 1.54) is 18.5 Å². The zero-order valence-electron chi connectivity index (χ0n) is 26.2. The number of rotatable bonds is 13. The third-order valence-electron chi connectivity index (χ3n) is 6.66. The van der Waals surface area contributed by atoms with Crippen LogP contribution >= 0.6 is 0 Å². The summed E-state index contributed by atoms with van der Waals surface area (Å²) < 4.78 is 135. The van der Waals surface area contributed by atoms with Gasteiger partial charge in [0.15, 0.2) is 22.3 Å². The summed E-state index contributed by atoms with van der Waals surface area (Å²) in [6.45, 7) is -1.80. The number of ether oxygens (including phenoxy) is 2. The topological polar surface area (TPSA) is 192 Å². The van der Waals surface area contributed by atoms with Crippen LogP contribution in [0.15, 0.2) is 83.4 Å². The van der Waals surface area contributed by atoms with Crippen molar-refractivity contribution in [3.8, 4) is 11.5 Å². The molecule has 0 radical (unpaired) electrons. The van der Waals surface area contributed by atoms with Crippen molar-refractivity contribution in [2.45, 2.75) is 60.8 Å². The molecule has 22 heteroatoms. The first kappa shape index (κ1) is 40.2. The van der Waals surface area contributed by atoms with Gasteiger partial charge in [-0.15, -0.1) is 0 Å². The Labute approximate surface area is 282 Å². The van der Waals surface area contributed by atoms with Gasteiger partial charge >= 0.3 is 12.4 Å². The summed E-state index contributed by atoms with van der Waals surface area (Å²) >= 11 is 0. The van der Waals surface area contributed by atoms with E-state index < -0.39 is 67.7 Å². The smallest absolute Gasteiger partial charge is 0.416 e. The standard InChI is InChI=1S/C22H24F3N3O5S.C6H8F3N3O3S/c1-32-18-7-3-16(4-8-18)13-28(14-17-5-9-19(33-2)10-6-17)34(30,31)21-11-12-27(26-21)15-20(29)22(23,24)25;7-6(8,9)4(13)1-12-2-5(11-3-12)16(10,14)15/h3-12,20,29H,13-15H2,1-2H3;2-4,13H,1H2,(H2,10,14,15). The maximum atomic E-state index is 13.4. The number of primary sulfonamides is 1. The zero-order valence-corrected chi connectivity index (χ0v) is 27.8. The number of hydrogen-bond acceptors (Lipinski definition) is 10. The summed E-state index contributed by atoms with van der Waals surface area (Å²) in [6.07, 6.45) is -12.1. The molecule has 0 aliphatic heterocycles. The molecule has 0 fully saturated rings. The van der Waals surface area contributed by atoms with Crippen LogP contribution in [0.5, 0.6) is 11.5 Å². The number of sulfonamides is 2. The van der Waals surface area contributed by atoms with Crippen LogP contribution in [0.2, 0.25) is 0 Å². The highest BCUT2D eigenvalue weighted by molar-refractivity contribution is 7.89. The van der Waals surface area contributed by atoms with Crippen molar-refractivity contribution in [3.63, 3.8) is 0 Å². The van der Waals surface area contributed by atoms with Gasteiger partial charge in [-0.25, -0.2) is 27.0 Å². The van der Waals surface area contributed by atoms with Crippen LogP contribution in [0.4, 0.5) is 26.3 Å². The van der Waals surface area contributed by atoms with Crippen LogP contribution in [-0.4, -0.2) is 89.5 Å². The summed E-state index contributed by atoms with van der Waals surface area (Å²) in [5.74, 6) is 1.21. The Morgan fingerprint density at radius 3 is 1.64 bits per heavy atom. The van der Waals surface area contributed by atoms with Gasteiger partial charge in [-0.1, -0.05) is 24.3 Å². The number of aromatic nitrogens is 4. The second-order valence-corrected chi connectivity index (χ2v) is 13.8. The van der Waals surface area contributed by atoms with Crippen LogP contribution in [-0.2, 0) is 46.2 Å². The lowest BCUT2D eigenvalue weighted by atomic mass is 10.2. The van der Waals surface area contributed by atoms with Crippen molar-refractivity contribution < 1.29 is 62.9 Å². The number of alkyl halides is 6. The molecule has 0 bridgehead atoms. The van der Waals surface area contributed by atoms with Crippen molar-refractivity contribution in [1.29, 1.82) is 0 Å². The monoisotopic (exact) mass is 758 g/mol. The van der Waals surface area contributed by atoms with Crippen LogP contribution in [0.3, 0.4) is 0 Å². The predicted molar refractivity (Wildman–Crippen MR) is 162 cm³/mol. The highest BCUT2D eigenvalue weighted by atomic mass is 32.2. The molecule has 2 aromatic carbocycles. The number of methoxy groups -OCH3 is 2. The van der Waals surface area contributed by atoms with Crippen LogP contribution in [0.25, 0.3) is 0 Å². The second-order valence-electron chi connectivity index (χ2n) is 10.4. The Hall–Kier alpha value is -4.22. The summed E-state index contributed by atoms with van der Waals surface area (Å²) in [7, 11) is -5.22. The van der Waals surface area contributed by atoms with Crippen molar-refractivity contribution in [2.75, 3.05) is 14.2 Å². The van der Waals surface area contributed by atoms with E-state index in [2.05, 4.69) is 10.1 Å².